The zero-order valence-electron chi connectivity index (χ0n) is 9.15. The fraction of sp³-hybridized carbons (Fsp3) is 1.00. The van der Waals surface area contributed by atoms with Crippen molar-refractivity contribution < 1.29 is 5.11 Å². The summed E-state index contributed by atoms with van der Waals surface area (Å²) in [6.45, 7) is 1.08. The smallest absolute Gasteiger partial charge is 0.0693 e. The molecule has 1 saturated heterocycles. The van der Waals surface area contributed by atoms with E-state index in [1.165, 1.54) is 30.1 Å². The van der Waals surface area contributed by atoms with Crippen LogP contribution >= 0.6 is 23.5 Å². The lowest BCUT2D eigenvalue weighted by molar-refractivity contribution is 0.0915. The zero-order chi connectivity index (χ0) is 10.5. The van der Waals surface area contributed by atoms with Gasteiger partial charge in [-0.1, -0.05) is 12.8 Å². The van der Waals surface area contributed by atoms with Crippen LogP contribution in [0.5, 0.6) is 0 Å². The first-order valence-corrected chi connectivity index (χ1v) is 8.17. The minimum Gasteiger partial charge on any atom is -0.392 e. The van der Waals surface area contributed by atoms with Gasteiger partial charge in [0, 0.05) is 35.1 Å². The molecule has 1 heterocycles. The van der Waals surface area contributed by atoms with Crippen LogP contribution in [0.1, 0.15) is 25.7 Å². The van der Waals surface area contributed by atoms with Crippen molar-refractivity contribution in [3.63, 3.8) is 0 Å². The van der Waals surface area contributed by atoms with Crippen LogP contribution in [0.25, 0.3) is 0 Å². The molecule has 0 bridgehead atoms. The molecule has 4 heteroatoms. The van der Waals surface area contributed by atoms with Gasteiger partial charge in [-0.3, -0.25) is 0 Å². The molecular weight excluding hydrogens is 226 g/mol. The minimum atomic E-state index is -0.0972. The number of hydrogen-bond acceptors (Lipinski definition) is 4. The molecule has 3 atom stereocenters. The molecule has 2 nitrogen and oxygen atoms in total. The summed E-state index contributed by atoms with van der Waals surface area (Å²) in [5.74, 6) is 3.89. The van der Waals surface area contributed by atoms with Crippen molar-refractivity contribution in [1.29, 1.82) is 0 Å². The highest BCUT2D eigenvalue weighted by Gasteiger charge is 2.23. The third-order valence-electron chi connectivity index (χ3n) is 3.22. The fourth-order valence-corrected chi connectivity index (χ4v) is 4.91. The van der Waals surface area contributed by atoms with Gasteiger partial charge < -0.3 is 10.4 Å². The van der Waals surface area contributed by atoms with Crippen LogP contribution in [0.4, 0.5) is 0 Å². The second kappa shape index (κ2) is 6.38. The Bertz CT molecular complexity index is 185. The van der Waals surface area contributed by atoms with Crippen LogP contribution < -0.4 is 5.32 Å². The van der Waals surface area contributed by atoms with Crippen LogP contribution in [0.15, 0.2) is 0 Å². The van der Waals surface area contributed by atoms with Crippen LogP contribution in [0, 0.1) is 0 Å². The number of hydrogen-bond donors (Lipinski definition) is 2. The molecule has 1 aliphatic carbocycles. The molecule has 2 N–H and O–H groups in total. The van der Waals surface area contributed by atoms with E-state index in [0.717, 1.165) is 24.6 Å². The Morgan fingerprint density at radius 1 is 1.20 bits per heavy atom. The maximum absolute atomic E-state index is 9.82. The number of aliphatic hydroxyl groups is 1. The van der Waals surface area contributed by atoms with Gasteiger partial charge >= 0.3 is 0 Å². The van der Waals surface area contributed by atoms with E-state index < -0.39 is 0 Å². The molecule has 0 amide bonds. The summed E-state index contributed by atoms with van der Waals surface area (Å²) in [5.41, 5.74) is 0. The van der Waals surface area contributed by atoms with E-state index in [-0.39, 0.29) is 6.10 Å². The molecule has 88 valence electrons. The Kier molecular flexibility index (Phi) is 5.14. The number of thioether (sulfide) groups is 2. The third kappa shape index (κ3) is 3.84. The van der Waals surface area contributed by atoms with Gasteiger partial charge in [0.05, 0.1) is 6.10 Å². The number of aliphatic hydroxyl groups excluding tert-OH is 1. The van der Waals surface area contributed by atoms with Gasteiger partial charge in [0.15, 0.2) is 0 Å². The zero-order valence-corrected chi connectivity index (χ0v) is 10.8. The molecular formula is C11H21NOS2. The van der Waals surface area contributed by atoms with E-state index in [1.807, 2.05) is 0 Å². The molecule has 0 aromatic rings. The molecule has 15 heavy (non-hydrogen) atoms. The van der Waals surface area contributed by atoms with Gasteiger partial charge in [-0.15, -0.1) is 0 Å². The summed E-state index contributed by atoms with van der Waals surface area (Å²) >= 11 is 4.16. The summed E-state index contributed by atoms with van der Waals surface area (Å²) in [7, 11) is 0. The predicted octanol–water partition coefficient (Wildman–Crippen LogP) is 1.73. The van der Waals surface area contributed by atoms with Crippen molar-refractivity contribution in [2.75, 3.05) is 23.8 Å². The highest BCUT2D eigenvalue weighted by atomic mass is 32.2. The Hall–Kier alpha value is 0.620. The van der Waals surface area contributed by atoms with Gasteiger partial charge in [-0.25, -0.2) is 0 Å². The highest BCUT2D eigenvalue weighted by Crippen LogP contribution is 2.24. The number of nitrogens with one attached hydrogen (secondary N) is 1. The molecule has 0 spiro atoms. The van der Waals surface area contributed by atoms with E-state index in [9.17, 15) is 5.11 Å². The van der Waals surface area contributed by atoms with E-state index in [1.54, 1.807) is 0 Å². The van der Waals surface area contributed by atoms with Gasteiger partial charge in [0.2, 0.25) is 0 Å². The highest BCUT2D eigenvalue weighted by molar-refractivity contribution is 8.06. The minimum absolute atomic E-state index is 0.0972. The fourth-order valence-electron chi connectivity index (χ4n) is 2.29. The first kappa shape index (κ1) is 12.1. The molecule has 2 fully saturated rings. The monoisotopic (exact) mass is 247 g/mol. The molecule has 0 aromatic carbocycles. The van der Waals surface area contributed by atoms with Gasteiger partial charge in [-0.05, 0) is 12.8 Å². The molecule has 1 aliphatic heterocycles. The van der Waals surface area contributed by atoms with Gasteiger partial charge in [-0.2, -0.15) is 23.5 Å². The first-order chi connectivity index (χ1) is 7.36. The largest absolute Gasteiger partial charge is 0.392 e. The topological polar surface area (TPSA) is 32.3 Å². The van der Waals surface area contributed by atoms with Crippen LogP contribution in [0.3, 0.4) is 0 Å². The lowest BCUT2D eigenvalue weighted by atomic mass is 9.92. The van der Waals surface area contributed by atoms with Crippen molar-refractivity contribution >= 4 is 23.5 Å². The maximum atomic E-state index is 9.82. The Balaban J connectivity index is 1.67. The van der Waals surface area contributed by atoms with Crippen LogP contribution in [-0.2, 0) is 0 Å². The normalized spacial score (nSPS) is 37.8. The van der Waals surface area contributed by atoms with Crippen LogP contribution in [-0.4, -0.2) is 46.3 Å². The lowest BCUT2D eigenvalue weighted by Crippen LogP contribution is -2.45. The van der Waals surface area contributed by atoms with E-state index in [4.69, 9.17) is 0 Å². The van der Waals surface area contributed by atoms with E-state index >= 15 is 0 Å². The van der Waals surface area contributed by atoms with Crippen LogP contribution in [0.2, 0.25) is 0 Å². The number of rotatable bonds is 3. The molecule has 0 radical (unpaired) electrons. The quantitative estimate of drug-likeness (QED) is 0.795. The van der Waals surface area contributed by atoms with Crippen molar-refractivity contribution in [1.82, 2.24) is 5.32 Å². The summed E-state index contributed by atoms with van der Waals surface area (Å²) in [6.07, 6.45) is 4.53. The average Bonchev–Trinajstić information content (AvgIpc) is 2.29. The molecule has 2 aliphatic rings. The predicted molar refractivity (Wildman–Crippen MR) is 69.8 cm³/mol. The van der Waals surface area contributed by atoms with Gasteiger partial charge in [0.1, 0.15) is 0 Å². The van der Waals surface area contributed by atoms with E-state index in [2.05, 4.69) is 28.8 Å². The van der Waals surface area contributed by atoms with Crippen molar-refractivity contribution in [3.05, 3.63) is 0 Å². The molecule has 2 rings (SSSR count). The van der Waals surface area contributed by atoms with Gasteiger partial charge in [0.25, 0.3) is 0 Å². The second-order valence-electron chi connectivity index (χ2n) is 4.43. The summed E-state index contributed by atoms with van der Waals surface area (Å²) < 4.78 is 0. The van der Waals surface area contributed by atoms with Crippen molar-refractivity contribution in [3.8, 4) is 0 Å². The maximum Gasteiger partial charge on any atom is 0.0693 e. The summed E-state index contributed by atoms with van der Waals surface area (Å²) in [6, 6.07) is 0.367. The molecule has 0 aromatic heterocycles. The van der Waals surface area contributed by atoms with E-state index in [0.29, 0.717) is 6.04 Å². The van der Waals surface area contributed by atoms with Crippen molar-refractivity contribution in [2.24, 2.45) is 0 Å². The third-order valence-corrected chi connectivity index (χ3v) is 6.07. The Labute approximate surface area is 101 Å². The second-order valence-corrected chi connectivity index (χ2v) is 6.99. The average molecular weight is 247 g/mol. The molecule has 1 unspecified atom stereocenters. The Morgan fingerprint density at radius 2 is 2.07 bits per heavy atom. The molecule has 1 saturated carbocycles. The van der Waals surface area contributed by atoms with Crippen molar-refractivity contribution in [2.45, 2.75) is 43.1 Å². The first-order valence-electron chi connectivity index (χ1n) is 5.97. The Morgan fingerprint density at radius 3 is 2.80 bits per heavy atom. The SMILES string of the molecule is O[C@@H]1CCCC[C@H]1NCC1CSCCS1. The standard InChI is InChI=1S/C11H21NOS2/c13-11-4-2-1-3-10(11)12-7-9-8-14-5-6-15-9/h9-13H,1-8H2/t9?,10-,11-/m1/s1. The summed E-state index contributed by atoms with van der Waals surface area (Å²) in [5, 5.41) is 14.1. The lowest BCUT2D eigenvalue weighted by Gasteiger charge is -2.30. The summed E-state index contributed by atoms with van der Waals surface area (Å²) in [4.78, 5) is 0.